The van der Waals surface area contributed by atoms with Crippen molar-refractivity contribution in [3.05, 3.63) is 29.8 Å². The van der Waals surface area contributed by atoms with Crippen LogP contribution in [0.4, 0.5) is 5.69 Å². The molecule has 0 aliphatic heterocycles. The summed E-state index contributed by atoms with van der Waals surface area (Å²) >= 11 is 0. The van der Waals surface area contributed by atoms with E-state index in [-0.39, 0.29) is 24.1 Å². The average molecular weight is 319 g/mol. The molecule has 6 heteroatoms. The second-order valence-corrected chi connectivity index (χ2v) is 5.32. The summed E-state index contributed by atoms with van der Waals surface area (Å²) in [5, 5.41) is 5.52. The van der Waals surface area contributed by atoms with E-state index in [4.69, 9.17) is 0 Å². The second-order valence-electron chi connectivity index (χ2n) is 5.32. The first kappa shape index (κ1) is 18.8. The van der Waals surface area contributed by atoms with Crippen molar-refractivity contribution in [2.24, 2.45) is 0 Å². The molecular weight excluding hydrogens is 294 g/mol. The molecule has 0 saturated heterocycles. The minimum Gasteiger partial charge on any atom is -0.355 e. The van der Waals surface area contributed by atoms with Gasteiger partial charge in [0.1, 0.15) is 0 Å². The lowest BCUT2D eigenvalue weighted by molar-refractivity contribution is -0.125. The van der Waals surface area contributed by atoms with E-state index >= 15 is 0 Å². The zero-order chi connectivity index (χ0) is 17.4. The molecule has 2 amide bonds. The number of ketones is 1. The van der Waals surface area contributed by atoms with Gasteiger partial charge in [-0.3, -0.25) is 19.3 Å². The Kier molecular flexibility index (Phi) is 7.41. The average Bonchev–Trinajstić information content (AvgIpc) is 2.52. The fourth-order valence-corrected chi connectivity index (χ4v) is 2.19. The number of benzene rings is 1. The van der Waals surface area contributed by atoms with E-state index < -0.39 is 6.04 Å². The lowest BCUT2D eigenvalue weighted by Gasteiger charge is -2.26. The van der Waals surface area contributed by atoms with Crippen molar-refractivity contribution in [2.45, 2.75) is 33.7 Å². The second kappa shape index (κ2) is 9.05. The third-order valence-electron chi connectivity index (χ3n) is 3.59. The number of carbonyl (C=O) groups excluding carboxylic acids is 3. The zero-order valence-electron chi connectivity index (χ0n) is 14.2. The highest BCUT2D eigenvalue weighted by molar-refractivity contribution is 5.98. The number of hydrogen-bond donors (Lipinski definition) is 2. The Morgan fingerprint density at radius 2 is 1.91 bits per heavy atom. The number of carbonyl (C=O) groups is 3. The van der Waals surface area contributed by atoms with Gasteiger partial charge in [0.05, 0.1) is 12.6 Å². The van der Waals surface area contributed by atoms with Crippen molar-refractivity contribution in [1.29, 1.82) is 0 Å². The molecule has 1 aromatic carbocycles. The normalized spacial score (nSPS) is 11.9. The predicted octanol–water partition coefficient (Wildman–Crippen LogP) is 1.67. The minimum atomic E-state index is -0.455. The molecule has 0 heterocycles. The minimum absolute atomic E-state index is 0.0550. The van der Waals surface area contributed by atoms with Gasteiger partial charge in [-0.25, -0.2) is 0 Å². The van der Waals surface area contributed by atoms with E-state index in [1.165, 1.54) is 6.92 Å². The van der Waals surface area contributed by atoms with E-state index in [1.54, 1.807) is 36.1 Å². The Hall–Kier alpha value is -2.21. The maximum absolute atomic E-state index is 12.4. The number of Topliss-reactive ketones (excluding diaryl/α,β-unsaturated/α-hetero) is 1. The lowest BCUT2D eigenvalue weighted by atomic mass is 10.1. The maximum Gasteiger partial charge on any atom is 0.241 e. The van der Waals surface area contributed by atoms with Crippen LogP contribution >= 0.6 is 0 Å². The number of anilines is 1. The van der Waals surface area contributed by atoms with Crippen LogP contribution in [0.2, 0.25) is 0 Å². The molecule has 0 spiro atoms. The molecule has 0 aromatic heterocycles. The van der Waals surface area contributed by atoms with Crippen LogP contribution in [-0.4, -0.2) is 48.2 Å². The van der Waals surface area contributed by atoms with Gasteiger partial charge in [0.15, 0.2) is 5.78 Å². The molecule has 0 bridgehead atoms. The van der Waals surface area contributed by atoms with Crippen LogP contribution in [0, 0.1) is 0 Å². The summed E-state index contributed by atoms with van der Waals surface area (Å²) < 4.78 is 0. The Morgan fingerprint density at radius 3 is 2.48 bits per heavy atom. The van der Waals surface area contributed by atoms with E-state index in [0.717, 1.165) is 0 Å². The van der Waals surface area contributed by atoms with E-state index in [0.29, 0.717) is 24.3 Å². The first-order valence-electron chi connectivity index (χ1n) is 7.81. The SMILES string of the molecule is CCNC(=O)CN(CC)[C@@H](C)C(=O)Nc1cccc(C(C)=O)c1. The number of hydrogen-bond acceptors (Lipinski definition) is 4. The fraction of sp³-hybridized carbons (Fsp3) is 0.471. The highest BCUT2D eigenvalue weighted by Crippen LogP contribution is 2.12. The summed E-state index contributed by atoms with van der Waals surface area (Å²) in [7, 11) is 0. The molecule has 0 radical (unpaired) electrons. The van der Waals surface area contributed by atoms with Crippen molar-refractivity contribution < 1.29 is 14.4 Å². The number of nitrogens with one attached hydrogen (secondary N) is 2. The predicted molar refractivity (Wildman–Crippen MR) is 90.5 cm³/mol. The summed E-state index contributed by atoms with van der Waals surface area (Å²) in [6.07, 6.45) is 0. The molecule has 1 aromatic rings. The summed E-state index contributed by atoms with van der Waals surface area (Å²) in [5.41, 5.74) is 1.12. The first-order valence-corrected chi connectivity index (χ1v) is 7.81. The van der Waals surface area contributed by atoms with Gasteiger partial charge in [-0.1, -0.05) is 19.1 Å². The van der Waals surface area contributed by atoms with E-state index in [2.05, 4.69) is 10.6 Å². The molecule has 2 N–H and O–H groups in total. The third-order valence-corrected chi connectivity index (χ3v) is 3.59. The standard InChI is InChI=1S/C17H25N3O3/c1-5-18-16(22)11-20(6-2)12(3)17(23)19-15-9-7-8-14(10-15)13(4)21/h7-10,12H,5-6,11H2,1-4H3,(H,18,22)(H,19,23)/t12-/m0/s1. The summed E-state index contributed by atoms with van der Waals surface area (Å²) in [4.78, 5) is 37.2. The van der Waals surface area contributed by atoms with Gasteiger partial charge >= 0.3 is 0 Å². The largest absolute Gasteiger partial charge is 0.355 e. The number of likely N-dealkylation sites (N-methyl/N-ethyl adjacent to an activating group) is 2. The molecule has 23 heavy (non-hydrogen) atoms. The van der Waals surface area contributed by atoms with Crippen molar-refractivity contribution in [3.63, 3.8) is 0 Å². The molecule has 0 unspecified atom stereocenters. The number of nitrogens with zero attached hydrogens (tertiary/aromatic N) is 1. The van der Waals surface area contributed by atoms with Gasteiger partial charge < -0.3 is 10.6 Å². The molecular formula is C17H25N3O3. The van der Waals surface area contributed by atoms with Gasteiger partial charge in [-0.15, -0.1) is 0 Å². The molecule has 1 rings (SSSR count). The molecule has 126 valence electrons. The monoisotopic (exact) mass is 319 g/mol. The smallest absolute Gasteiger partial charge is 0.241 e. The lowest BCUT2D eigenvalue weighted by Crippen LogP contribution is -2.46. The maximum atomic E-state index is 12.4. The molecule has 0 aliphatic carbocycles. The Bertz CT molecular complexity index is 572. The quantitative estimate of drug-likeness (QED) is 0.715. The Labute approximate surface area is 137 Å². The van der Waals surface area contributed by atoms with Crippen LogP contribution in [0.25, 0.3) is 0 Å². The fourth-order valence-electron chi connectivity index (χ4n) is 2.19. The van der Waals surface area contributed by atoms with Crippen LogP contribution in [0.15, 0.2) is 24.3 Å². The molecule has 0 aliphatic rings. The topological polar surface area (TPSA) is 78.5 Å². The number of amides is 2. The summed E-state index contributed by atoms with van der Waals surface area (Å²) in [6.45, 7) is 8.31. The van der Waals surface area contributed by atoms with Crippen molar-refractivity contribution >= 4 is 23.3 Å². The van der Waals surface area contributed by atoms with Crippen LogP contribution in [-0.2, 0) is 9.59 Å². The summed E-state index contributed by atoms with van der Waals surface area (Å²) in [6, 6.07) is 6.35. The van der Waals surface area contributed by atoms with Crippen LogP contribution in [0.3, 0.4) is 0 Å². The van der Waals surface area contributed by atoms with Gasteiger partial charge in [0.2, 0.25) is 11.8 Å². The third kappa shape index (κ3) is 5.83. The molecule has 0 saturated carbocycles. The van der Waals surface area contributed by atoms with Gasteiger partial charge in [-0.2, -0.15) is 0 Å². The van der Waals surface area contributed by atoms with E-state index in [9.17, 15) is 14.4 Å². The molecule has 6 nitrogen and oxygen atoms in total. The highest BCUT2D eigenvalue weighted by Gasteiger charge is 2.22. The van der Waals surface area contributed by atoms with Crippen LogP contribution < -0.4 is 10.6 Å². The molecule has 1 atom stereocenters. The van der Waals surface area contributed by atoms with Gasteiger partial charge in [0, 0.05) is 17.8 Å². The number of rotatable bonds is 8. The van der Waals surface area contributed by atoms with Crippen molar-refractivity contribution in [3.8, 4) is 0 Å². The molecule has 0 fully saturated rings. The Balaban J connectivity index is 2.73. The zero-order valence-corrected chi connectivity index (χ0v) is 14.2. The van der Waals surface area contributed by atoms with Crippen molar-refractivity contribution in [2.75, 3.05) is 25.0 Å². The van der Waals surface area contributed by atoms with Crippen LogP contribution in [0.5, 0.6) is 0 Å². The highest BCUT2D eigenvalue weighted by atomic mass is 16.2. The van der Waals surface area contributed by atoms with Crippen molar-refractivity contribution in [1.82, 2.24) is 10.2 Å². The van der Waals surface area contributed by atoms with Gasteiger partial charge in [0.25, 0.3) is 0 Å². The van der Waals surface area contributed by atoms with Crippen LogP contribution in [0.1, 0.15) is 38.1 Å². The Morgan fingerprint density at radius 1 is 1.22 bits per heavy atom. The van der Waals surface area contributed by atoms with E-state index in [1.807, 2.05) is 13.8 Å². The van der Waals surface area contributed by atoms with Gasteiger partial charge in [-0.05, 0) is 39.4 Å². The summed E-state index contributed by atoms with van der Waals surface area (Å²) in [5.74, 6) is -0.370. The first-order chi connectivity index (χ1) is 10.9.